The number of amides is 1. The summed E-state index contributed by atoms with van der Waals surface area (Å²) in [7, 11) is 0. The van der Waals surface area contributed by atoms with Crippen molar-refractivity contribution in [2.75, 3.05) is 17.6 Å². The highest BCUT2D eigenvalue weighted by Crippen LogP contribution is 2.22. The van der Waals surface area contributed by atoms with Gasteiger partial charge < -0.3 is 20.9 Å². The molecule has 0 fully saturated rings. The van der Waals surface area contributed by atoms with Gasteiger partial charge in [0.2, 0.25) is 0 Å². The molecule has 0 saturated heterocycles. The molecule has 0 spiro atoms. The molecule has 0 atom stereocenters. The zero-order valence-electron chi connectivity index (χ0n) is 12.5. The van der Waals surface area contributed by atoms with E-state index in [2.05, 4.69) is 15.8 Å². The average Bonchev–Trinajstić information content (AvgIpc) is 2.77. The van der Waals surface area contributed by atoms with E-state index in [1.807, 2.05) is 20.8 Å². The fourth-order valence-corrected chi connectivity index (χ4v) is 2.07. The smallest absolute Gasteiger partial charge is 0.251 e. The highest BCUT2D eigenvalue weighted by atomic mass is 16.5. The highest BCUT2D eigenvalue weighted by molar-refractivity contribution is 5.96. The third-order valence-corrected chi connectivity index (χ3v) is 3.29. The number of carbonyl (C=O) groups excluding carboxylic acids is 1. The first-order valence-electron chi connectivity index (χ1n) is 6.86. The topological polar surface area (TPSA) is 93.2 Å². The molecular weight excluding hydrogens is 268 g/mol. The molecule has 1 amide bonds. The van der Waals surface area contributed by atoms with Crippen LogP contribution < -0.4 is 16.4 Å². The van der Waals surface area contributed by atoms with Gasteiger partial charge in [0.15, 0.2) is 0 Å². The Morgan fingerprint density at radius 3 is 2.71 bits per heavy atom. The van der Waals surface area contributed by atoms with Crippen molar-refractivity contribution >= 4 is 17.3 Å². The Balaban J connectivity index is 2.09. The molecule has 1 aromatic carbocycles. The number of nitrogens with one attached hydrogen (secondary N) is 2. The van der Waals surface area contributed by atoms with Gasteiger partial charge in [0, 0.05) is 24.2 Å². The third kappa shape index (κ3) is 3.34. The fourth-order valence-electron chi connectivity index (χ4n) is 2.07. The maximum atomic E-state index is 11.7. The lowest BCUT2D eigenvalue weighted by molar-refractivity contribution is 0.0956. The first-order valence-corrected chi connectivity index (χ1v) is 6.86. The Morgan fingerprint density at radius 2 is 2.14 bits per heavy atom. The molecular formula is C15H20N4O2. The third-order valence-electron chi connectivity index (χ3n) is 3.29. The molecule has 0 radical (unpaired) electrons. The zero-order valence-corrected chi connectivity index (χ0v) is 12.5. The molecule has 0 aliphatic heterocycles. The minimum Gasteiger partial charge on any atom is -0.397 e. The summed E-state index contributed by atoms with van der Waals surface area (Å²) in [4.78, 5) is 11.7. The number of benzene rings is 1. The molecule has 0 aliphatic carbocycles. The standard InChI is InChI=1S/C15H20N4O2/c1-4-17-15(20)11-5-6-14(13(16)7-11)18-8-12-9(2)19-21-10(12)3/h5-7,18H,4,8,16H2,1-3H3,(H,17,20). The number of rotatable bonds is 5. The van der Waals surface area contributed by atoms with Gasteiger partial charge in [-0.2, -0.15) is 0 Å². The molecule has 0 saturated carbocycles. The molecule has 4 N–H and O–H groups in total. The van der Waals surface area contributed by atoms with E-state index < -0.39 is 0 Å². The quantitative estimate of drug-likeness (QED) is 0.734. The van der Waals surface area contributed by atoms with Crippen LogP contribution in [-0.4, -0.2) is 17.6 Å². The summed E-state index contributed by atoms with van der Waals surface area (Å²) in [5.74, 6) is 0.666. The number of carbonyl (C=O) groups is 1. The zero-order chi connectivity index (χ0) is 15.4. The Kier molecular flexibility index (Phi) is 4.47. The Hall–Kier alpha value is -2.50. The van der Waals surface area contributed by atoms with Crippen molar-refractivity contribution in [1.29, 1.82) is 0 Å². The van der Waals surface area contributed by atoms with Crippen molar-refractivity contribution in [3.8, 4) is 0 Å². The summed E-state index contributed by atoms with van der Waals surface area (Å²) in [5.41, 5.74) is 9.73. The predicted octanol–water partition coefficient (Wildman–Crippen LogP) is 2.24. The summed E-state index contributed by atoms with van der Waals surface area (Å²) in [6, 6.07) is 5.22. The van der Waals surface area contributed by atoms with Gasteiger partial charge in [0.25, 0.3) is 5.91 Å². The lowest BCUT2D eigenvalue weighted by Gasteiger charge is -2.11. The fraction of sp³-hybridized carbons (Fsp3) is 0.333. The van der Waals surface area contributed by atoms with E-state index in [-0.39, 0.29) is 5.91 Å². The number of nitrogen functional groups attached to an aromatic ring is 1. The van der Waals surface area contributed by atoms with Crippen LogP contribution in [0.1, 0.15) is 34.3 Å². The first-order chi connectivity index (χ1) is 10.0. The monoisotopic (exact) mass is 288 g/mol. The highest BCUT2D eigenvalue weighted by Gasteiger charge is 2.10. The van der Waals surface area contributed by atoms with E-state index in [9.17, 15) is 4.79 Å². The van der Waals surface area contributed by atoms with E-state index in [4.69, 9.17) is 10.3 Å². The summed E-state index contributed by atoms with van der Waals surface area (Å²) in [5, 5.41) is 9.89. The van der Waals surface area contributed by atoms with Crippen molar-refractivity contribution < 1.29 is 9.32 Å². The molecule has 21 heavy (non-hydrogen) atoms. The largest absolute Gasteiger partial charge is 0.397 e. The average molecular weight is 288 g/mol. The number of anilines is 2. The summed E-state index contributed by atoms with van der Waals surface area (Å²) in [6.45, 7) is 6.81. The van der Waals surface area contributed by atoms with E-state index in [1.54, 1.807) is 18.2 Å². The molecule has 2 rings (SSSR count). The lowest BCUT2D eigenvalue weighted by atomic mass is 10.1. The molecule has 0 aliphatic rings. The number of nitrogens with zero attached hydrogens (tertiary/aromatic N) is 1. The molecule has 2 aromatic rings. The van der Waals surface area contributed by atoms with Crippen molar-refractivity contribution in [1.82, 2.24) is 10.5 Å². The van der Waals surface area contributed by atoms with E-state index in [0.29, 0.717) is 24.3 Å². The van der Waals surface area contributed by atoms with Gasteiger partial charge in [-0.1, -0.05) is 5.16 Å². The van der Waals surface area contributed by atoms with Gasteiger partial charge in [-0.05, 0) is 39.0 Å². The van der Waals surface area contributed by atoms with Crippen LogP contribution in [0.5, 0.6) is 0 Å². The second-order valence-electron chi connectivity index (χ2n) is 4.82. The number of nitrogens with two attached hydrogens (primary N) is 1. The van der Waals surface area contributed by atoms with E-state index in [0.717, 1.165) is 22.7 Å². The second kappa shape index (κ2) is 6.30. The Labute approximate surface area is 123 Å². The van der Waals surface area contributed by atoms with Gasteiger partial charge in [-0.15, -0.1) is 0 Å². The molecule has 6 heteroatoms. The van der Waals surface area contributed by atoms with Gasteiger partial charge in [-0.3, -0.25) is 4.79 Å². The van der Waals surface area contributed by atoms with Crippen molar-refractivity contribution in [3.63, 3.8) is 0 Å². The van der Waals surface area contributed by atoms with Crippen LogP contribution in [0, 0.1) is 13.8 Å². The summed E-state index contributed by atoms with van der Waals surface area (Å²) >= 11 is 0. The van der Waals surface area contributed by atoms with Gasteiger partial charge >= 0.3 is 0 Å². The van der Waals surface area contributed by atoms with Crippen molar-refractivity contribution in [2.45, 2.75) is 27.3 Å². The van der Waals surface area contributed by atoms with E-state index in [1.165, 1.54) is 0 Å². The van der Waals surface area contributed by atoms with Crippen LogP contribution >= 0.6 is 0 Å². The van der Waals surface area contributed by atoms with Crippen LogP contribution in [0.25, 0.3) is 0 Å². The van der Waals surface area contributed by atoms with Crippen LogP contribution in [0.2, 0.25) is 0 Å². The number of aryl methyl sites for hydroxylation is 2. The number of aromatic nitrogens is 1. The summed E-state index contributed by atoms with van der Waals surface area (Å²) in [6.07, 6.45) is 0. The Bertz CT molecular complexity index is 630. The summed E-state index contributed by atoms with van der Waals surface area (Å²) < 4.78 is 5.12. The van der Waals surface area contributed by atoms with Crippen molar-refractivity contribution in [3.05, 3.63) is 40.8 Å². The second-order valence-corrected chi connectivity index (χ2v) is 4.82. The van der Waals surface area contributed by atoms with Gasteiger partial charge in [-0.25, -0.2) is 0 Å². The lowest BCUT2D eigenvalue weighted by Crippen LogP contribution is -2.22. The van der Waals surface area contributed by atoms with Crippen LogP contribution in [0.15, 0.2) is 22.7 Å². The van der Waals surface area contributed by atoms with Gasteiger partial charge in [0.05, 0.1) is 17.1 Å². The molecule has 6 nitrogen and oxygen atoms in total. The molecule has 0 unspecified atom stereocenters. The maximum Gasteiger partial charge on any atom is 0.251 e. The minimum absolute atomic E-state index is 0.124. The van der Waals surface area contributed by atoms with E-state index >= 15 is 0 Å². The van der Waals surface area contributed by atoms with Crippen LogP contribution in [-0.2, 0) is 6.54 Å². The Morgan fingerprint density at radius 1 is 1.38 bits per heavy atom. The number of hydrogen-bond donors (Lipinski definition) is 3. The van der Waals surface area contributed by atoms with Crippen molar-refractivity contribution in [2.24, 2.45) is 0 Å². The minimum atomic E-state index is -0.124. The SMILES string of the molecule is CCNC(=O)c1ccc(NCc2c(C)noc2C)c(N)c1. The van der Waals surface area contributed by atoms with Crippen LogP contribution in [0.3, 0.4) is 0 Å². The normalized spacial score (nSPS) is 10.4. The molecule has 1 aromatic heterocycles. The first kappa shape index (κ1) is 14.9. The van der Waals surface area contributed by atoms with Gasteiger partial charge in [0.1, 0.15) is 5.76 Å². The molecule has 1 heterocycles. The molecule has 112 valence electrons. The van der Waals surface area contributed by atoms with Crippen LogP contribution in [0.4, 0.5) is 11.4 Å². The molecule has 0 bridgehead atoms. The number of hydrogen-bond acceptors (Lipinski definition) is 5. The predicted molar refractivity (Wildman–Crippen MR) is 82.2 cm³/mol. The maximum absolute atomic E-state index is 11.7.